The SMILES string of the molecule is c1cncc(CN2CC[C@H]3OCC[C@@]3(COCc3ccncc3)C2)c1. The minimum absolute atomic E-state index is 0.119. The lowest BCUT2D eigenvalue weighted by Gasteiger charge is -2.43. The van der Waals surface area contributed by atoms with Gasteiger partial charge < -0.3 is 9.47 Å². The van der Waals surface area contributed by atoms with Gasteiger partial charge >= 0.3 is 0 Å². The monoisotopic (exact) mass is 339 g/mol. The van der Waals surface area contributed by atoms with Crippen LogP contribution in [0.2, 0.25) is 0 Å². The van der Waals surface area contributed by atoms with Crippen molar-refractivity contribution in [1.29, 1.82) is 0 Å². The van der Waals surface area contributed by atoms with Crippen LogP contribution in [0.5, 0.6) is 0 Å². The highest BCUT2D eigenvalue weighted by atomic mass is 16.5. The van der Waals surface area contributed by atoms with E-state index in [1.807, 2.05) is 43.0 Å². The number of hydrogen-bond acceptors (Lipinski definition) is 5. The Hall–Kier alpha value is -1.82. The molecule has 0 bridgehead atoms. The number of piperidine rings is 1. The highest BCUT2D eigenvalue weighted by Crippen LogP contribution is 2.41. The van der Waals surface area contributed by atoms with Gasteiger partial charge in [0.05, 0.1) is 19.3 Å². The third-order valence-corrected chi connectivity index (χ3v) is 5.38. The fourth-order valence-electron chi connectivity index (χ4n) is 4.08. The van der Waals surface area contributed by atoms with E-state index >= 15 is 0 Å². The molecule has 2 aliphatic rings. The van der Waals surface area contributed by atoms with Crippen molar-refractivity contribution in [2.24, 2.45) is 5.41 Å². The van der Waals surface area contributed by atoms with Gasteiger partial charge in [0.1, 0.15) is 0 Å². The van der Waals surface area contributed by atoms with Gasteiger partial charge in [0.25, 0.3) is 0 Å². The van der Waals surface area contributed by atoms with E-state index in [1.54, 1.807) is 0 Å². The molecule has 2 aromatic rings. The van der Waals surface area contributed by atoms with Crippen molar-refractivity contribution < 1.29 is 9.47 Å². The molecule has 2 atom stereocenters. The van der Waals surface area contributed by atoms with Gasteiger partial charge in [-0.25, -0.2) is 0 Å². The van der Waals surface area contributed by atoms with Crippen LogP contribution < -0.4 is 0 Å². The number of aromatic nitrogens is 2. The highest BCUT2D eigenvalue weighted by molar-refractivity contribution is 5.10. The maximum Gasteiger partial charge on any atom is 0.0718 e. The normalized spacial score (nSPS) is 26.5. The first-order chi connectivity index (χ1) is 12.3. The van der Waals surface area contributed by atoms with Gasteiger partial charge in [-0.3, -0.25) is 14.9 Å². The van der Waals surface area contributed by atoms with Crippen molar-refractivity contribution in [3.63, 3.8) is 0 Å². The van der Waals surface area contributed by atoms with Crippen molar-refractivity contribution in [1.82, 2.24) is 14.9 Å². The summed E-state index contributed by atoms with van der Waals surface area (Å²) >= 11 is 0. The first-order valence-electron chi connectivity index (χ1n) is 9.04. The zero-order chi connectivity index (χ0) is 17.0. The summed E-state index contributed by atoms with van der Waals surface area (Å²) in [6.45, 7) is 5.30. The Morgan fingerprint density at radius 2 is 2.08 bits per heavy atom. The predicted molar refractivity (Wildman–Crippen MR) is 94.8 cm³/mol. The lowest BCUT2D eigenvalue weighted by Crippen LogP contribution is -2.51. The second-order valence-electron chi connectivity index (χ2n) is 7.18. The molecule has 0 amide bonds. The largest absolute Gasteiger partial charge is 0.377 e. The quantitative estimate of drug-likeness (QED) is 0.810. The van der Waals surface area contributed by atoms with Crippen LogP contribution in [0.4, 0.5) is 0 Å². The molecule has 2 saturated heterocycles. The molecule has 0 radical (unpaired) electrons. The summed E-state index contributed by atoms with van der Waals surface area (Å²) in [5, 5.41) is 0. The molecule has 0 saturated carbocycles. The fourth-order valence-corrected chi connectivity index (χ4v) is 4.08. The summed E-state index contributed by atoms with van der Waals surface area (Å²) in [5.74, 6) is 0. The van der Waals surface area contributed by atoms with Gasteiger partial charge in [-0.05, 0) is 42.2 Å². The molecular formula is C20H25N3O2. The van der Waals surface area contributed by atoms with E-state index < -0.39 is 0 Å². The van der Waals surface area contributed by atoms with Crippen LogP contribution in [0.3, 0.4) is 0 Å². The summed E-state index contributed by atoms with van der Waals surface area (Å²) < 4.78 is 12.1. The molecule has 0 aromatic carbocycles. The zero-order valence-electron chi connectivity index (χ0n) is 14.5. The Morgan fingerprint density at radius 3 is 2.92 bits per heavy atom. The Balaban J connectivity index is 1.38. The van der Waals surface area contributed by atoms with Crippen molar-refractivity contribution >= 4 is 0 Å². The number of hydrogen-bond donors (Lipinski definition) is 0. The number of ether oxygens (including phenoxy) is 2. The number of pyridine rings is 2. The Morgan fingerprint density at radius 1 is 1.16 bits per heavy atom. The third kappa shape index (κ3) is 3.89. The first-order valence-corrected chi connectivity index (χ1v) is 9.04. The van der Waals surface area contributed by atoms with Gasteiger partial charge in [0.15, 0.2) is 0 Å². The van der Waals surface area contributed by atoms with Crippen LogP contribution in [0.25, 0.3) is 0 Å². The van der Waals surface area contributed by atoms with Crippen LogP contribution in [0, 0.1) is 5.41 Å². The molecular weight excluding hydrogens is 314 g/mol. The van der Waals surface area contributed by atoms with Crippen LogP contribution >= 0.6 is 0 Å². The van der Waals surface area contributed by atoms with E-state index in [-0.39, 0.29) is 5.41 Å². The molecule has 0 N–H and O–H groups in total. The van der Waals surface area contributed by atoms with Crippen LogP contribution in [-0.2, 0) is 22.6 Å². The molecule has 5 nitrogen and oxygen atoms in total. The maximum atomic E-state index is 6.12. The fraction of sp³-hybridized carbons (Fsp3) is 0.500. The molecule has 0 unspecified atom stereocenters. The Labute approximate surface area is 149 Å². The smallest absolute Gasteiger partial charge is 0.0718 e. The van der Waals surface area contributed by atoms with E-state index in [2.05, 4.69) is 20.9 Å². The topological polar surface area (TPSA) is 47.5 Å². The van der Waals surface area contributed by atoms with Crippen molar-refractivity contribution in [2.75, 3.05) is 26.3 Å². The highest BCUT2D eigenvalue weighted by Gasteiger charge is 2.47. The molecule has 132 valence electrons. The summed E-state index contributed by atoms with van der Waals surface area (Å²) in [6.07, 6.45) is 9.91. The van der Waals surface area contributed by atoms with Crippen LogP contribution in [0.1, 0.15) is 24.0 Å². The number of likely N-dealkylation sites (tertiary alicyclic amines) is 1. The first kappa shape index (κ1) is 16.6. The number of rotatable bonds is 6. The summed E-state index contributed by atoms with van der Waals surface area (Å²) in [4.78, 5) is 10.8. The molecule has 5 heteroatoms. The van der Waals surface area contributed by atoms with E-state index in [4.69, 9.17) is 9.47 Å². The van der Waals surface area contributed by atoms with Gasteiger partial charge in [0, 0.05) is 56.4 Å². The minimum atomic E-state index is 0.119. The average Bonchev–Trinajstić information content (AvgIpc) is 3.06. The Kier molecular flexibility index (Phi) is 5.06. The number of nitrogens with zero attached hydrogens (tertiary/aromatic N) is 3. The van der Waals surface area contributed by atoms with Gasteiger partial charge in [-0.1, -0.05) is 6.07 Å². The predicted octanol–water partition coefficient (Wildman–Crippen LogP) is 2.67. The van der Waals surface area contributed by atoms with Gasteiger partial charge in [-0.15, -0.1) is 0 Å². The van der Waals surface area contributed by atoms with Gasteiger partial charge in [0.2, 0.25) is 0 Å². The van der Waals surface area contributed by atoms with E-state index in [0.717, 1.165) is 45.7 Å². The van der Waals surface area contributed by atoms with E-state index in [0.29, 0.717) is 12.7 Å². The number of fused-ring (bicyclic) bond motifs is 1. The molecule has 4 rings (SSSR count). The minimum Gasteiger partial charge on any atom is -0.377 e. The summed E-state index contributed by atoms with van der Waals surface area (Å²) in [5.41, 5.74) is 2.56. The lowest BCUT2D eigenvalue weighted by molar-refractivity contribution is -0.0685. The van der Waals surface area contributed by atoms with E-state index in [1.165, 1.54) is 11.1 Å². The molecule has 0 aliphatic carbocycles. The summed E-state index contributed by atoms with van der Waals surface area (Å²) in [7, 11) is 0. The van der Waals surface area contributed by atoms with Gasteiger partial charge in [-0.2, -0.15) is 0 Å². The second kappa shape index (κ2) is 7.60. The molecule has 2 aliphatic heterocycles. The molecule has 4 heterocycles. The molecule has 0 spiro atoms. The molecule has 25 heavy (non-hydrogen) atoms. The van der Waals surface area contributed by atoms with E-state index in [9.17, 15) is 0 Å². The third-order valence-electron chi connectivity index (χ3n) is 5.38. The molecule has 2 aromatic heterocycles. The van der Waals surface area contributed by atoms with Crippen LogP contribution in [-0.4, -0.2) is 47.3 Å². The molecule has 2 fully saturated rings. The maximum absolute atomic E-state index is 6.12. The summed E-state index contributed by atoms with van der Waals surface area (Å²) in [6, 6.07) is 8.18. The Bertz CT molecular complexity index is 667. The van der Waals surface area contributed by atoms with Crippen molar-refractivity contribution in [3.05, 3.63) is 60.2 Å². The van der Waals surface area contributed by atoms with Crippen molar-refractivity contribution in [2.45, 2.75) is 32.1 Å². The van der Waals surface area contributed by atoms with Crippen molar-refractivity contribution in [3.8, 4) is 0 Å². The average molecular weight is 339 g/mol. The second-order valence-corrected chi connectivity index (χ2v) is 7.18. The van der Waals surface area contributed by atoms with Crippen LogP contribution in [0.15, 0.2) is 49.1 Å². The standard InChI is InChI=1S/C20H25N3O2/c1-2-18(12-22-7-1)13-23-10-5-19-20(15-23,6-11-25-19)16-24-14-17-3-8-21-9-4-17/h1-4,7-9,12,19H,5-6,10-11,13-16H2/t19-,20+/m1/s1. The lowest BCUT2D eigenvalue weighted by atomic mass is 9.77. The zero-order valence-corrected chi connectivity index (χ0v) is 14.5.